The highest BCUT2D eigenvalue weighted by Gasteiger charge is 2.28. The van der Waals surface area contributed by atoms with Crippen LogP contribution in [0.25, 0.3) is 0 Å². The first-order valence-electron chi connectivity index (χ1n) is 6.65. The highest BCUT2D eigenvalue weighted by Crippen LogP contribution is 2.21. The molecule has 7 heteroatoms. The van der Waals surface area contributed by atoms with Crippen molar-refractivity contribution in [3.8, 4) is 0 Å². The number of nitrogen functional groups attached to an aromatic ring is 1. The molecule has 2 aromatic rings. The second-order valence-electron chi connectivity index (χ2n) is 5.24. The maximum absolute atomic E-state index is 12.7. The third kappa shape index (κ3) is 3.43. The van der Waals surface area contributed by atoms with E-state index in [0.717, 1.165) is 5.56 Å². The quantitative estimate of drug-likeness (QED) is 0.851. The first-order valence-corrected chi connectivity index (χ1v) is 8.09. The number of nitrogens with zero attached hydrogens (tertiary/aromatic N) is 3. The minimum Gasteiger partial charge on any atom is -0.399 e. The standard InChI is InChI=1S/C14H20N4O2S/c1-11(2)18(9-12-5-4-6-13(15)7-12)21(19,20)14-8-16-17(3)10-14/h4-8,10-11H,9,15H2,1-3H3. The van der Waals surface area contributed by atoms with Gasteiger partial charge in [0.1, 0.15) is 4.90 Å². The van der Waals surface area contributed by atoms with Crippen LogP contribution in [0.3, 0.4) is 0 Å². The molecule has 1 aromatic carbocycles. The molecule has 21 heavy (non-hydrogen) atoms. The molecule has 0 unspecified atom stereocenters. The van der Waals surface area contributed by atoms with Gasteiger partial charge in [-0.3, -0.25) is 4.68 Å². The molecule has 0 aliphatic rings. The van der Waals surface area contributed by atoms with Gasteiger partial charge in [0.2, 0.25) is 10.0 Å². The molecule has 0 amide bonds. The number of benzene rings is 1. The van der Waals surface area contributed by atoms with Crippen molar-refractivity contribution >= 4 is 15.7 Å². The van der Waals surface area contributed by atoms with E-state index in [1.165, 1.54) is 21.4 Å². The first kappa shape index (κ1) is 15.5. The third-order valence-electron chi connectivity index (χ3n) is 3.15. The number of nitrogens with two attached hydrogens (primary N) is 1. The molecule has 0 atom stereocenters. The second kappa shape index (κ2) is 5.87. The third-order valence-corrected chi connectivity index (χ3v) is 5.13. The SMILES string of the molecule is CC(C)N(Cc1cccc(N)c1)S(=O)(=O)c1cnn(C)c1. The second-order valence-corrected chi connectivity index (χ2v) is 7.13. The lowest BCUT2D eigenvalue weighted by Crippen LogP contribution is -2.36. The number of rotatable bonds is 5. The van der Waals surface area contributed by atoms with Gasteiger partial charge in [-0.2, -0.15) is 9.40 Å². The molecule has 0 fully saturated rings. The molecule has 0 radical (unpaired) electrons. The van der Waals surface area contributed by atoms with E-state index in [0.29, 0.717) is 5.69 Å². The molecule has 1 aromatic heterocycles. The van der Waals surface area contributed by atoms with Crippen molar-refractivity contribution in [1.29, 1.82) is 0 Å². The Morgan fingerprint density at radius 1 is 1.38 bits per heavy atom. The van der Waals surface area contributed by atoms with Gasteiger partial charge in [0.05, 0.1) is 6.20 Å². The monoisotopic (exact) mass is 308 g/mol. The lowest BCUT2D eigenvalue weighted by Gasteiger charge is -2.25. The van der Waals surface area contributed by atoms with Crippen LogP contribution in [0.5, 0.6) is 0 Å². The summed E-state index contributed by atoms with van der Waals surface area (Å²) in [6.45, 7) is 3.97. The summed E-state index contributed by atoms with van der Waals surface area (Å²) in [5, 5.41) is 3.94. The first-order chi connectivity index (χ1) is 9.80. The van der Waals surface area contributed by atoms with Crippen molar-refractivity contribution in [3.63, 3.8) is 0 Å². The van der Waals surface area contributed by atoms with Crippen LogP contribution in [0.15, 0.2) is 41.6 Å². The minimum absolute atomic E-state index is 0.170. The van der Waals surface area contributed by atoms with Crippen LogP contribution in [-0.4, -0.2) is 28.5 Å². The van der Waals surface area contributed by atoms with Crippen LogP contribution < -0.4 is 5.73 Å². The van der Waals surface area contributed by atoms with E-state index in [2.05, 4.69) is 5.10 Å². The fraction of sp³-hybridized carbons (Fsp3) is 0.357. The van der Waals surface area contributed by atoms with Crippen LogP contribution in [0.1, 0.15) is 19.4 Å². The molecule has 0 bridgehead atoms. The Labute approximate surface area is 125 Å². The van der Waals surface area contributed by atoms with Gasteiger partial charge < -0.3 is 5.73 Å². The molecule has 0 aliphatic heterocycles. The Balaban J connectivity index is 2.35. The highest BCUT2D eigenvalue weighted by molar-refractivity contribution is 7.89. The number of sulfonamides is 1. The smallest absolute Gasteiger partial charge is 0.246 e. The van der Waals surface area contributed by atoms with Crippen molar-refractivity contribution in [3.05, 3.63) is 42.2 Å². The van der Waals surface area contributed by atoms with E-state index in [1.807, 2.05) is 26.0 Å². The van der Waals surface area contributed by atoms with Gasteiger partial charge in [0.15, 0.2) is 0 Å². The molecule has 1 heterocycles. The van der Waals surface area contributed by atoms with E-state index in [9.17, 15) is 8.42 Å². The number of aromatic nitrogens is 2. The van der Waals surface area contributed by atoms with E-state index in [1.54, 1.807) is 19.2 Å². The van der Waals surface area contributed by atoms with Crippen LogP contribution in [-0.2, 0) is 23.6 Å². The van der Waals surface area contributed by atoms with Crippen molar-refractivity contribution in [1.82, 2.24) is 14.1 Å². The van der Waals surface area contributed by atoms with E-state index in [4.69, 9.17) is 5.73 Å². The average Bonchev–Trinajstić information content (AvgIpc) is 2.83. The molecule has 0 saturated heterocycles. The Morgan fingerprint density at radius 2 is 2.10 bits per heavy atom. The minimum atomic E-state index is -3.58. The fourth-order valence-corrected chi connectivity index (χ4v) is 3.69. The molecule has 2 rings (SSSR count). The Hall–Kier alpha value is -1.86. The Kier molecular flexibility index (Phi) is 4.34. The number of hydrogen-bond donors (Lipinski definition) is 1. The van der Waals surface area contributed by atoms with Crippen LogP contribution in [0, 0.1) is 0 Å². The molecule has 2 N–H and O–H groups in total. The van der Waals surface area contributed by atoms with Gasteiger partial charge in [-0.25, -0.2) is 8.42 Å². The summed E-state index contributed by atoms with van der Waals surface area (Å²) in [7, 11) is -1.89. The summed E-state index contributed by atoms with van der Waals surface area (Å²) < 4.78 is 28.4. The molecular weight excluding hydrogens is 288 g/mol. The summed E-state index contributed by atoms with van der Waals surface area (Å²) in [6, 6.07) is 7.08. The van der Waals surface area contributed by atoms with Crippen molar-refractivity contribution in [2.45, 2.75) is 31.3 Å². The number of aryl methyl sites for hydroxylation is 1. The van der Waals surface area contributed by atoms with E-state index >= 15 is 0 Å². The van der Waals surface area contributed by atoms with Gasteiger partial charge in [-0.05, 0) is 31.5 Å². The zero-order chi connectivity index (χ0) is 15.6. The Morgan fingerprint density at radius 3 is 2.62 bits per heavy atom. The lowest BCUT2D eigenvalue weighted by molar-refractivity contribution is 0.348. The van der Waals surface area contributed by atoms with Crippen molar-refractivity contribution in [2.24, 2.45) is 7.05 Å². The number of hydrogen-bond acceptors (Lipinski definition) is 4. The van der Waals surface area contributed by atoms with Crippen LogP contribution in [0.2, 0.25) is 0 Å². The lowest BCUT2D eigenvalue weighted by atomic mass is 10.2. The van der Waals surface area contributed by atoms with Gasteiger partial charge in [-0.15, -0.1) is 0 Å². The van der Waals surface area contributed by atoms with Crippen LogP contribution in [0.4, 0.5) is 5.69 Å². The molecular formula is C14H20N4O2S. The summed E-state index contributed by atoms with van der Waals surface area (Å²) in [5.74, 6) is 0. The normalized spacial score (nSPS) is 12.2. The molecule has 0 saturated carbocycles. The summed E-state index contributed by atoms with van der Waals surface area (Å²) >= 11 is 0. The van der Waals surface area contributed by atoms with E-state index in [-0.39, 0.29) is 17.5 Å². The largest absolute Gasteiger partial charge is 0.399 e. The zero-order valence-corrected chi connectivity index (χ0v) is 13.2. The Bertz CT molecular complexity index is 722. The fourth-order valence-electron chi connectivity index (χ4n) is 2.08. The van der Waals surface area contributed by atoms with Gasteiger partial charge in [0.25, 0.3) is 0 Å². The van der Waals surface area contributed by atoms with Gasteiger partial charge in [0, 0.05) is 31.5 Å². The van der Waals surface area contributed by atoms with E-state index < -0.39 is 10.0 Å². The molecule has 0 spiro atoms. The van der Waals surface area contributed by atoms with Gasteiger partial charge in [-0.1, -0.05) is 12.1 Å². The highest BCUT2D eigenvalue weighted by atomic mass is 32.2. The molecule has 6 nitrogen and oxygen atoms in total. The maximum atomic E-state index is 12.7. The van der Waals surface area contributed by atoms with Gasteiger partial charge >= 0.3 is 0 Å². The maximum Gasteiger partial charge on any atom is 0.246 e. The average molecular weight is 308 g/mol. The van der Waals surface area contributed by atoms with Crippen molar-refractivity contribution in [2.75, 3.05) is 5.73 Å². The van der Waals surface area contributed by atoms with Crippen LogP contribution >= 0.6 is 0 Å². The topological polar surface area (TPSA) is 81.2 Å². The number of anilines is 1. The summed E-state index contributed by atoms with van der Waals surface area (Å²) in [6.07, 6.45) is 2.87. The van der Waals surface area contributed by atoms with Crippen molar-refractivity contribution < 1.29 is 8.42 Å². The summed E-state index contributed by atoms with van der Waals surface area (Å²) in [4.78, 5) is 0.197. The molecule has 0 aliphatic carbocycles. The predicted octanol–water partition coefficient (Wildman–Crippen LogP) is 1.60. The summed E-state index contributed by atoms with van der Waals surface area (Å²) in [5.41, 5.74) is 7.23. The molecule has 114 valence electrons. The zero-order valence-electron chi connectivity index (χ0n) is 12.4. The predicted molar refractivity (Wildman–Crippen MR) is 81.9 cm³/mol.